The fourth-order valence-corrected chi connectivity index (χ4v) is 2.25. The molecule has 1 N–H and O–H groups in total. The van der Waals surface area contributed by atoms with E-state index in [1.807, 2.05) is 12.1 Å². The molecule has 1 aliphatic rings. The molecule has 0 aromatic heterocycles. The van der Waals surface area contributed by atoms with E-state index in [9.17, 15) is 0 Å². The van der Waals surface area contributed by atoms with Gasteiger partial charge in [-0.3, -0.25) is 0 Å². The lowest BCUT2D eigenvalue weighted by molar-refractivity contribution is 0.355. The highest BCUT2D eigenvalue weighted by molar-refractivity contribution is 6.32. The Morgan fingerprint density at radius 3 is 2.68 bits per heavy atom. The number of rotatable bonds is 6. The van der Waals surface area contributed by atoms with Gasteiger partial charge < -0.3 is 14.8 Å². The van der Waals surface area contributed by atoms with Gasteiger partial charge in [-0.05, 0) is 37.5 Å². The van der Waals surface area contributed by atoms with Crippen LogP contribution in [0.1, 0.15) is 25.3 Å². The van der Waals surface area contributed by atoms with E-state index in [1.54, 1.807) is 14.2 Å². The summed E-state index contributed by atoms with van der Waals surface area (Å²) in [6.45, 7) is 3.02. The fraction of sp³-hybridized carbons (Fsp3) is 0.467. The molecule has 0 spiro atoms. The standard InChI is InChI=1S/C15H20ClNO2/c1-10(9-17-12-4-5-12)6-11-7-13(16)15(19-3)14(8-11)18-2/h6-8,12,17H,4-5,9H2,1-3H3. The molecular formula is C15H20ClNO2. The number of hydrogen-bond acceptors (Lipinski definition) is 3. The Hall–Kier alpha value is -1.19. The van der Waals surface area contributed by atoms with E-state index in [0.717, 1.165) is 18.2 Å². The highest BCUT2D eigenvalue weighted by atomic mass is 35.5. The van der Waals surface area contributed by atoms with E-state index in [0.29, 0.717) is 16.5 Å². The normalized spacial score (nSPS) is 15.5. The minimum Gasteiger partial charge on any atom is -0.493 e. The smallest absolute Gasteiger partial charge is 0.179 e. The highest BCUT2D eigenvalue weighted by Gasteiger charge is 2.19. The molecule has 1 fully saturated rings. The van der Waals surface area contributed by atoms with Gasteiger partial charge in [0.05, 0.1) is 19.2 Å². The molecular weight excluding hydrogens is 262 g/mol. The predicted octanol–water partition coefficient (Wildman–Crippen LogP) is 3.51. The second-order valence-corrected chi connectivity index (χ2v) is 5.29. The van der Waals surface area contributed by atoms with Crippen molar-refractivity contribution in [3.8, 4) is 11.5 Å². The number of ether oxygens (including phenoxy) is 2. The number of halogens is 1. The van der Waals surface area contributed by atoms with E-state index < -0.39 is 0 Å². The maximum absolute atomic E-state index is 6.18. The van der Waals surface area contributed by atoms with Crippen LogP contribution in [0.25, 0.3) is 6.08 Å². The average molecular weight is 282 g/mol. The van der Waals surface area contributed by atoms with Crippen LogP contribution in [0.3, 0.4) is 0 Å². The minimum atomic E-state index is 0.566. The van der Waals surface area contributed by atoms with Crippen molar-refractivity contribution >= 4 is 17.7 Å². The van der Waals surface area contributed by atoms with Crippen LogP contribution in [0, 0.1) is 0 Å². The quantitative estimate of drug-likeness (QED) is 0.865. The molecule has 3 nitrogen and oxygen atoms in total. The molecule has 0 amide bonds. The van der Waals surface area contributed by atoms with Crippen molar-refractivity contribution in [2.24, 2.45) is 0 Å². The summed E-state index contributed by atoms with van der Waals surface area (Å²) in [5.74, 6) is 1.24. The first-order valence-electron chi connectivity index (χ1n) is 6.46. The lowest BCUT2D eigenvalue weighted by Crippen LogP contribution is -2.18. The van der Waals surface area contributed by atoms with Crippen molar-refractivity contribution < 1.29 is 9.47 Å². The third-order valence-corrected chi connectivity index (χ3v) is 3.40. The molecule has 0 unspecified atom stereocenters. The van der Waals surface area contributed by atoms with Crippen LogP contribution in [0.4, 0.5) is 0 Å². The first-order chi connectivity index (χ1) is 9.13. The lowest BCUT2D eigenvalue weighted by atomic mass is 10.1. The Bertz CT molecular complexity index is 481. The highest BCUT2D eigenvalue weighted by Crippen LogP contribution is 2.36. The summed E-state index contributed by atoms with van der Waals surface area (Å²) < 4.78 is 10.5. The van der Waals surface area contributed by atoms with Gasteiger partial charge in [0.2, 0.25) is 0 Å². The predicted molar refractivity (Wildman–Crippen MR) is 79.2 cm³/mol. The fourth-order valence-electron chi connectivity index (χ4n) is 1.95. The summed E-state index contributed by atoms with van der Waals surface area (Å²) in [6.07, 6.45) is 4.72. The van der Waals surface area contributed by atoms with E-state index in [2.05, 4.69) is 18.3 Å². The monoisotopic (exact) mass is 281 g/mol. The Morgan fingerprint density at radius 2 is 2.11 bits per heavy atom. The molecule has 104 valence electrons. The van der Waals surface area contributed by atoms with Crippen LogP contribution in [0.15, 0.2) is 17.7 Å². The third-order valence-electron chi connectivity index (χ3n) is 3.12. The number of hydrogen-bond donors (Lipinski definition) is 1. The molecule has 1 aromatic carbocycles. The molecule has 0 bridgehead atoms. The molecule has 2 rings (SSSR count). The topological polar surface area (TPSA) is 30.5 Å². The molecule has 0 heterocycles. The minimum absolute atomic E-state index is 0.566. The molecule has 4 heteroatoms. The van der Waals surface area contributed by atoms with Crippen LogP contribution >= 0.6 is 11.6 Å². The molecule has 0 atom stereocenters. The summed E-state index contributed by atoms with van der Waals surface area (Å²) in [5.41, 5.74) is 2.30. The zero-order valence-electron chi connectivity index (χ0n) is 11.6. The Kier molecular flexibility index (Phi) is 4.72. The summed E-state index contributed by atoms with van der Waals surface area (Å²) in [4.78, 5) is 0. The van der Waals surface area contributed by atoms with Gasteiger partial charge in [-0.1, -0.05) is 23.3 Å². The Morgan fingerprint density at radius 1 is 1.37 bits per heavy atom. The van der Waals surface area contributed by atoms with E-state index in [1.165, 1.54) is 18.4 Å². The maximum Gasteiger partial charge on any atom is 0.179 e. The molecule has 1 aromatic rings. The summed E-state index contributed by atoms with van der Waals surface area (Å²) in [6, 6.07) is 4.55. The second kappa shape index (κ2) is 6.31. The van der Waals surface area contributed by atoms with Gasteiger partial charge in [0, 0.05) is 12.6 Å². The molecule has 19 heavy (non-hydrogen) atoms. The van der Waals surface area contributed by atoms with E-state index in [4.69, 9.17) is 21.1 Å². The maximum atomic E-state index is 6.18. The number of benzene rings is 1. The van der Waals surface area contributed by atoms with E-state index in [-0.39, 0.29) is 0 Å². The summed E-state index contributed by atoms with van der Waals surface area (Å²) in [7, 11) is 3.20. The van der Waals surface area contributed by atoms with Crippen LogP contribution in [0.2, 0.25) is 5.02 Å². The van der Waals surface area contributed by atoms with Gasteiger partial charge in [-0.25, -0.2) is 0 Å². The van der Waals surface area contributed by atoms with Crippen LogP contribution in [-0.4, -0.2) is 26.8 Å². The Labute approximate surface area is 119 Å². The summed E-state index contributed by atoms with van der Waals surface area (Å²) >= 11 is 6.18. The van der Waals surface area contributed by atoms with Gasteiger partial charge in [-0.15, -0.1) is 0 Å². The van der Waals surface area contributed by atoms with Crippen molar-refractivity contribution in [2.45, 2.75) is 25.8 Å². The van der Waals surface area contributed by atoms with Crippen molar-refractivity contribution in [3.63, 3.8) is 0 Å². The van der Waals surface area contributed by atoms with Crippen molar-refractivity contribution in [1.29, 1.82) is 0 Å². The lowest BCUT2D eigenvalue weighted by Gasteiger charge is -2.11. The Balaban J connectivity index is 2.14. The zero-order chi connectivity index (χ0) is 13.8. The van der Waals surface area contributed by atoms with Gasteiger partial charge in [0.1, 0.15) is 0 Å². The van der Waals surface area contributed by atoms with Gasteiger partial charge in [0.15, 0.2) is 11.5 Å². The molecule has 0 saturated heterocycles. The zero-order valence-corrected chi connectivity index (χ0v) is 12.4. The molecule has 1 aliphatic carbocycles. The van der Waals surface area contributed by atoms with E-state index >= 15 is 0 Å². The van der Waals surface area contributed by atoms with Gasteiger partial charge in [-0.2, -0.15) is 0 Å². The SMILES string of the molecule is COc1cc(C=C(C)CNC2CC2)cc(Cl)c1OC. The molecule has 0 aliphatic heterocycles. The van der Waals surface area contributed by atoms with Crippen molar-refractivity contribution in [2.75, 3.05) is 20.8 Å². The first-order valence-corrected chi connectivity index (χ1v) is 6.84. The largest absolute Gasteiger partial charge is 0.493 e. The van der Waals surface area contributed by atoms with Crippen molar-refractivity contribution in [3.05, 3.63) is 28.3 Å². The van der Waals surface area contributed by atoms with Gasteiger partial charge in [0.25, 0.3) is 0 Å². The van der Waals surface area contributed by atoms with Crippen LogP contribution < -0.4 is 14.8 Å². The average Bonchev–Trinajstić information content (AvgIpc) is 3.19. The number of methoxy groups -OCH3 is 2. The van der Waals surface area contributed by atoms with Crippen LogP contribution in [-0.2, 0) is 0 Å². The van der Waals surface area contributed by atoms with Gasteiger partial charge >= 0.3 is 0 Å². The third kappa shape index (κ3) is 3.88. The number of nitrogens with one attached hydrogen (secondary N) is 1. The first kappa shape index (κ1) is 14.2. The molecule has 0 radical (unpaired) electrons. The molecule has 1 saturated carbocycles. The van der Waals surface area contributed by atoms with Crippen molar-refractivity contribution in [1.82, 2.24) is 5.32 Å². The second-order valence-electron chi connectivity index (χ2n) is 4.88. The van der Waals surface area contributed by atoms with Crippen LogP contribution in [0.5, 0.6) is 11.5 Å². The summed E-state index contributed by atoms with van der Waals surface area (Å²) in [5, 5.41) is 4.05.